The molecule has 7 nitrogen and oxygen atoms in total. The van der Waals surface area contributed by atoms with Crippen LogP contribution in [0.3, 0.4) is 0 Å². The highest BCUT2D eigenvalue weighted by Crippen LogP contribution is 2.22. The maximum Gasteiger partial charge on any atom is 0.243 e. The summed E-state index contributed by atoms with van der Waals surface area (Å²) in [5.74, 6) is -0.583. The summed E-state index contributed by atoms with van der Waals surface area (Å²) in [6.45, 7) is 5.73. The van der Waals surface area contributed by atoms with E-state index in [9.17, 15) is 22.4 Å². The van der Waals surface area contributed by atoms with Crippen LogP contribution in [0.5, 0.6) is 0 Å². The van der Waals surface area contributed by atoms with E-state index in [0.29, 0.717) is 32.5 Å². The van der Waals surface area contributed by atoms with Gasteiger partial charge in [-0.1, -0.05) is 68.4 Å². The quantitative estimate of drug-likeness (QED) is 0.304. The third-order valence-corrected chi connectivity index (χ3v) is 9.39. The zero-order valence-corrected chi connectivity index (χ0v) is 25.2. The summed E-state index contributed by atoms with van der Waals surface area (Å²) in [7, 11) is -3.51. The van der Waals surface area contributed by atoms with Crippen LogP contribution in [0.25, 0.3) is 0 Å². The summed E-state index contributed by atoms with van der Waals surface area (Å²) in [6.07, 6.45) is 2.58. The molecule has 0 unspecified atom stereocenters. The van der Waals surface area contributed by atoms with Gasteiger partial charge in [0.25, 0.3) is 0 Å². The molecule has 3 aromatic carbocycles. The first kappa shape index (κ1) is 31.4. The molecule has 2 amide bonds. The van der Waals surface area contributed by atoms with Crippen LogP contribution in [0.2, 0.25) is 0 Å². The monoisotopic (exact) mass is 593 g/mol. The van der Waals surface area contributed by atoms with Crippen LogP contribution in [0.15, 0.2) is 83.8 Å². The molecule has 0 saturated carbocycles. The number of amides is 2. The molecule has 1 heterocycles. The molecule has 1 atom stereocenters. The van der Waals surface area contributed by atoms with Crippen molar-refractivity contribution in [1.82, 2.24) is 14.5 Å². The number of rotatable bonds is 13. The normalized spacial score (nSPS) is 14.6. The van der Waals surface area contributed by atoms with Crippen molar-refractivity contribution in [3.05, 3.63) is 101 Å². The predicted molar refractivity (Wildman–Crippen MR) is 161 cm³/mol. The van der Waals surface area contributed by atoms with Gasteiger partial charge in [0.2, 0.25) is 21.8 Å². The zero-order valence-electron chi connectivity index (χ0n) is 24.3. The van der Waals surface area contributed by atoms with E-state index in [1.165, 1.54) is 16.4 Å². The molecule has 0 spiro atoms. The highest BCUT2D eigenvalue weighted by atomic mass is 32.2. The van der Waals surface area contributed by atoms with Crippen LogP contribution in [0.4, 0.5) is 4.39 Å². The molecule has 4 rings (SSSR count). The van der Waals surface area contributed by atoms with Crippen molar-refractivity contribution >= 4 is 21.8 Å². The topological polar surface area (TPSA) is 86.8 Å². The van der Waals surface area contributed by atoms with Crippen molar-refractivity contribution in [3.8, 4) is 0 Å². The molecule has 3 aromatic rings. The molecule has 0 aromatic heterocycles. The Balaban J connectivity index is 1.54. The summed E-state index contributed by atoms with van der Waals surface area (Å²) in [5.41, 5.74) is 2.47. The fraction of sp³-hybridized carbons (Fsp3) is 0.394. The van der Waals surface area contributed by atoms with Crippen LogP contribution in [-0.4, -0.2) is 55.1 Å². The lowest BCUT2D eigenvalue weighted by Gasteiger charge is -2.32. The van der Waals surface area contributed by atoms with Crippen LogP contribution in [0.1, 0.15) is 49.8 Å². The number of nitrogens with zero attached hydrogens (tertiary/aromatic N) is 2. The van der Waals surface area contributed by atoms with Gasteiger partial charge in [-0.05, 0) is 66.1 Å². The number of halogens is 1. The molecule has 42 heavy (non-hydrogen) atoms. The lowest BCUT2D eigenvalue weighted by molar-refractivity contribution is -0.141. The number of sulfonamides is 1. The Morgan fingerprint density at radius 3 is 2.12 bits per heavy atom. The van der Waals surface area contributed by atoms with Crippen molar-refractivity contribution in [1.29, 1.82) is 0 Å². The van der Waals surface area contributed by atoms with Crippen molar-refractivity contribution in [2.24, 2.45) is 5.92 Å². The third kappa shape index (κ3) is 8.49. The molecule has 0 aliphatic carbocycles. The number of carbonyl (C=O) groups excluding carboxylic acids is 2. The smallest absolute Gasteiger partial charge is 0.243 e. The minimum atomic E-state index is -3.51. The first-order chi connectivity index (χ1) is 20.1. The van der Waals surface area contributed by atoms with E-state index in [1.54, 1.807) is 41.3 Å². The second kappa shape index (κ2) is 14.6. The highest BCUT2D eigenvalue weighted by Gasteiger charge is 2.31. The number of hydrogen-bond donors (Lipinski definition) is 1. The Morgan fingerprint density at radius 1 is 0.881 bits per heavy atom. The average molecular weight is 594 g/mol. The Hall–Kier alpha value is -3.56. The molecule has 1 aliphatic heterocycles. The largest absolute Gasteiger partial charge is 0.354 e. The average Bonchev–Trinajstić information content (AvgIpc) is 3.54. The van der Waals surface area contributed by atoms with Crippen molar-refractivity contribution < 1.29 is 22.4 Å². The lowest BCUT2D eigenvalue weighted by Crippen LogP contribution is -2.51. The highest BCUT2D eigenvalue weighted by molar-refractivity contribution is 7.89. The van der Waals surface area contributed by atoms with Gasteiger partial charge >= 0.3 is 0 Å². The van der Waals surface area contributed by atoms with Crippen LogP contribution < -0.4 is 5.32 Å². The number of benzene rings is 3. The van der Waals surface area contributed by atoms with Crippen molar-refractivity contribution in [2.45, 2.75) is 63.4 Å². The standard InChI is InChI=1S/C33H40FN3O4S/c1-25(2)23-35-33(39)31(22-27-8-4-3-5-9-27)37(24-28-10-15-29(34)16-11-28)32(38)19-14-26-12-17-30(18-13-26)42(40,41)36-20-6-7-21-36/h3-5,8-13,15-18,25,31H,6-7,14,19-24H2,1-2H3,(H,35,39)/t31-/m1/s1. The zero-order chi connectivity index (χ0) is 30.1. The minimum Gasteiger partial charge on any atom is -0.354 e. The second-order valence-electron chi connectivity index (χ2n) is 11.2. The lowest BCUT2D eigenvalue weighted by atomic mass is 10.0. The maximum atomic E-state index is 13.8. The Kier molecular flexibility index (Phi) is 10.9. The Bertz CT molecular complexity index is 1420. The van der Waals surface area contributed by atoms with Gasteiger partial charge in [0.15, 0.2) is 0 Å². The molecule has 1 aliphatic rings. The Morgan fingerprint density at radius 2 is 1.50 bits per heavy atom. The fourth-order valence-corrected chi connectivity index (χ4v) is 6.58. The van der Waals surface area contributed by atoms with Crippen LogP contribution in [-0.2, 0) is 39.0 Å². The summed E-state index contributed by atoms with van der Waals surface area (Å²) in [5, 5.41) is 3.00. The van der Waals surface area contributed by atoms with E-state index in [2.05, 4.69) is 5.32 Å². The van der Waals surface area contributed by atoms with E-state index in [0.717, 1.165) is 29.5 Å². The number of nitrogens with one attached hydrogen (secondary N) is 1. The minimum absolute atomic E-state index is 0.127. The van der Waals surface area contributed by atoms with Gasteiger partial charge in [0.1, 0.15) is 11.9 Å². The van der Waals surface area contributed by atoms with Crippen LogP contribution >= 0.6 is 0 Å². The van der Waals surface area contributed by atoms with Crippen molar-refractivity contribution in [3.63, 3.8) is 0 Å². The summed E-state index contributed by atoms with van der Waals surface area (Å²) >= 11 is 0. The van der Waals surface area contributed by atoms with Gasteiger partial charge in [0.05, 0.1) is 4.90 Å². The fourth-order valence-electron chi connectivity index (χ4n) is 5.06. The van der Waals surface area contributed by atoms with E-state index in [1.807, 2.05) is 44.2 Å². The second-order valence-corrected chi connectivity index (χ2v) is 13.2. The number of aryl methyl sites for hydroxylation is 1. The SMILES string of the molecule is CC(C)CNC(=O)[C@@H](Cc1ccccc1)N(Cc1ccc(F)cc1)C(=O)CCc1ccc(S(=O)(=O)N2CCCC2)cc1. The molecular weight excluding hydrogens is 553 g/mol. The van der Waals surface area contributed by atoms with Gasteiger partial charge in [-0.2, -0.15) is 4.31 Å². The van der Waals surface area contributed by atoms with E-state index in [4.69, 9.17) is 0 Å². The van der Waals surface area contributed by atoms with Crippen molar-refractivity contribution in [2.75, 3.05) is 19.6 Å². The van der Waals surface area contributed by atoms with E-state index >= 15 is 0 Å². The summed E-state index contributed by atoms with van der Waals surface area (Å²) in [4.78, 5) is 29.2. The van der Waals surface area contributed by atoms with Gasteiger partial charge < -0.3 is 10.2 Å². The molecular formula is C33H40FN3O4S. The third-order valence-electron chi connectivity index (χ3n) is 7.48. The molecule has 0 radical (unpaired) electrons. The maximum absolute atomic E-state index is 13.8. The predicted octanol–water partition coefficient (Wildman–Crippen LogP) is 4.96. The summed E-state index contributed by atoms with van der Waals surface area (Å²) in [6, 6.07) is 21.4. The molecule has 1 N–H and O–H groups in total. The van der Waals surface area contributed by atoms with Gasteiger partial charge in [-0.3, -0.25) is 9.59 Å². The van der Waals surface area contributed by atoms with Crippen LogP contribution in [0, 0.1) is 11.7 Å². The Labute approximate surface area is 248 Å². The molecule has 0 bridgehead atoms. The number of carbonyl (C=O) groups is 2. The molecule has 224 valence electrons. The van der Waals surface area contributed by atoms with Gasteiger partial charge in [-0.15, -0.1) is 0 Å². The first-order valence-corrected chi connectivity index (χ1v) is 16.0. The molecule has 1 saturated heterocycles. The van der Waals surface area contributed by atoms with E-state index < -0.39 is 16.1 Å². The summed E-state index contributed by atoms with van der Waals surface area (Å²) < 4.78 is 40.9. The molecule has 9 heteroatoms. The molecule has 1 fully saturated rings. The van der Waals surface area contributed by atoms with E-state index in [-0.39, 0.29) is 41.4 Å². The van der Waals surface area contributed by atoms with Gasteiger partial charge in [-0.25, -0.2) is 12.8 Å². The number of hydrogen-bond acceptors (Lipinski definition) is 4. The van der Waals surface area contributed by atoms with Gasteiger partial charge in [0, 0.05) is 39.0 Å². The first-order valence-electron chi connectivity index (χ1n) is 14.6.